The van der Waals surface area contributed by atoms with Crippen molar-refractivity contribution in [2.45, 2.75) is 50.2 Å². The number of hydrogen-bond donors (Lipinski definition) is 7. The first-order chi connectivity index (χ1) is 14.5. The van der Waals surface area contributed by atoms with Gasteiger partial charge in [-0.3, -0.25) is 24.0 Å². The average molecular weight is 464 g/mol. The molecule has 0 fully saturated rings. The maximum atomic E-state index is 12.6. The molecule has 0 saturated heterocycles. The Bertz CT molecular complexity index is 675. The fourth-order valence-electron chi connectivity index (χ4n) is 2.38. The highest BCUT2D eigenvalue weighted by atomic mass is 32.2. The third kappa shape index (κ3) is 12.4. The summed E-state index contributed by atoms with van der Waals surface area (Å²) in [6, 6.07) is -3.80. The van der Waals surface area contributed by atoms with Crippen LogP contribution in [0.2, 0.25) is 0 Å². The molecule has 9 N–H and O–H groups in total. The van der Waals surface area contributed by atoms with E-state index in [-0.39, 0.29) is 25.7 Å². The first-order valence-corrected chi connectivity index (χ1v) is 10.7. The molecular formula is C17H29N5O8S. The first kappa shape index (κ1) is 28.1. The van der Waals surface area contributed by atoms with Crippen molar-refractivity contribution in [1.29, 1.82) is 0 Å². The van der Waals surface area contributed by atoms with Crippen LogP contribution >= 0.6 is 11.8 Å². The second-order valence-electron chi connectivity index (χ2n) is 6.50. The smallest absolute Gasteiger partial charge is 0.326 e. The lowest BCUT2D eigenvalue weighted by Gasteiger charge is -2.24. The van der Waals surface area contributed by atoms with Gasteiger partial charge in [0.05, 0.1) is 6.54 Å². The minimum absolute atomic E-state index is 0.125. The molecule has 0 bridgehead atoms. The summed E-state index contributed by atoms with van der Waals surface area (Å²) in [5.74, 6) is -5.15. The van der Waals surface area contributed by atoms with Crippen molar-refractivity contribution in [3.05, 3.63) is 0 Å². The Balaban J connectivity index is 5.34. The molecule has 0 aromatic rings. The number of carbonyl (C=O) groups is 6. The topological polar surface area (TPSA) is 231 Å². The van der Waals surface area contributed by atoms with Crippen LogP contribution in [0.25, 0.3) is 0 Å². The third-order valence-electron chi connectivity index (χ3n) is 4.02. The number of carboxylic acid groups (broad SMARTS) is 2. The molecule has 0 saturated carbocycles. The third-order valence-corrected chi connectivity index (χ3v) is 4.67. The molecule has 176 valence electrons. The van der Waals surface area contributed by atoms with E-state index in [1.807, 2.05) is 0 Å². The summed E-state index contributed by atoms with van der Waals surface area (Å²) in [6.07, 6.45) is 0.756. The SMILES string of the molecule is CSCCC(NC(=O)C(CCC(N)=O)NC(=O)CN)C(=O)NC(CCC(=O)O)C(=O)O. The van der Waals surface area contributed by atoms with Crippen LogP contribution in [-0.2, 0) is 28.8 Å². The van der Waals surface area contributed by atoms with Gasteiger partial charge in [0.1, 0.15) is 18.1 Å². The fourth-order valence-corrected chi connectivity index (χ4v) is 2.85. The Morgan fingerprint density at radius 3 is 1.81 bits per heavy atom. The van der Waals surface area contributed by atoms with E-state index >= 15 is 0 Å². The highest BCUT2D eigenvalue weighted by Crippen LogP contribution is 2.06. The van der Waals surface area contributed by atoms with Gasteiger partial charge in [0.15, 0.2) is 0 Å². The van der Waals surface area contributed by atoms with Gasteiger partial charge in [0.2, 0.25) is 23.6 Å². The number of thioether (sulfide) groups is 1. The number of carboxylic acids is 2. The van der Waals surface area contributed by atoms with Crippen LogP contribution in [0.5, 0.6) is 0 Å². The number of aliphatic carboxylic acids is 2. The molecule has 0 radical (unpaired) electrons. The van der Waals surface area contributed by atoms with Crippen LogP contribution < -0.4 is 27.4 Å². The Hall–Kier alpha value is -2.87. The van der Waals surface area contributed by atoms with Gasteiger partial charge in [0.25, 0.3) is 0 Å². The largest absolute Gasteiger partial charge is 0.481 e. The van der Waals surface area contributed by atoms with E-state index in [1.165, 1.54) is 11.8 Å². The van der Waals surface area contributed by atoms with Crippen molar-refractivity contribution in [2.24, 2.45) is 11.5 Å². The summed E-state index contributed by atoms with van der Waals surface area (Å²) in [7, 11) is 0. The van der Waals surface area contributed by atoms with E-state index in [2.05, 4.69) is 16.0 Å². The van der Waals surface area contributed by atoms with E-state index in [9.17, 15) is 33.9 Å². The van der Waals surface area contributed by atoms with Crippen molar-refractivity contribution < 1.29 is 39.0 Å². The Kier molecular flexibility index (Phi) is 13.6. The van der Waals surface area contributed by atoms with Gasteiger partial charge in [-0.25, -0.2) is 4.79 Å². The molecule has 0 aliphatic heterocycles. The normalized spacial score (nSPS) is 13.4. The van der Waals surface area contributed by atoms with Crippen molar-refractivity contribution in [1.82, 2.24) is 16.0 Å². The predicted molar refractivity (Wildman–Crippen MR) is 111 cm³/mol. The van der Waals surface area contributed by atoms with Crippen LogP contribution in [0.1, 0.15) is 32.1 Å². The molecule has 13 nitrogen and oxygen atoms in total. The maximum absolute atomic E-state index is 12.6. The highest BCUT2D eigenvalue weighted by molar-refractivity contribution is 7.98. The van der Waals surface area contributed by atoms with Crippen molar-refractivity contribution in [3.63, 3.8) is 0 Å². The summed E-state index contributed by atoms with van der Waals surface area (Å²) in [6.45, 7) is -0.402. The fraction of sp³-hybridized carbons (Fsp3) is 0.647. The summed E-state index contributed by atoms with van der Waals surface area (Å²) >= 11 is 1.38. The number of carbonyl (C=O) groups excluding carboxylic acids is 4. The predicted octanol–water partition coefficient (Wildman–Crippen LogP) is -2.63. The van der Waals surface area contributed by atoms with Crippen molar-refractivity contribution in [3.8, 4) is 0 Å². The molecule has 0 aromatic carbocycles. The van der Waals surface area contributed by atoms with Crippen LogP contribution in [0.3, 0.4) is 0 Å². The van der Waals surface area contributed by atoms with Crippen molar-refractivity contribution in [2.75, 3.05) is 18.6 Å². The molecule has 0 rings (SSSR count). The van der Waals surface area contributed by atoms with Gasteiger partial charge in [0, 0.05) is 12.8 Å². The summed E-state index contributed by atoms with van der Waals surface area (Å²) in [4.78, 5) is 69.8. The summed E-state index contributed by atoms with van der Waals surface area (Å²) in [5.41, 5.74) is 10.3. The lowest BCUT2D eigenvalue weighted by Crippen LogP contribution is -2.56. The monoisotopic (exact) mass is 463 g/mol. The van der Waals surface area contributed by atoms with E-state index in [1.54, 1.807) is 6.26 Å². The molecule has 0 aliphatic rings. The lowest BCUT2D eigenvalue weighted by molar-refractivity contribution is -0.143. The molecule has 0 spiro atoms. The number of hydrogen-bond acceptors (Lipinski definition) is 8. The lowest BCUT2D eigenvalue weighted by atomic mass is 10.1. The number of nitrogens with one attached hydrogen (secondary N) is 3. The zero-order chi connectivity index (χ0) is 24.0. The molecule has 3 unspecified atom stereocenters. The van der Waals surface area contributed by atoms with Gasteiger partial charge < -0.3 is 37.6 Å². The zero-order valence-corrected chi connectivity index (χ0v) is 17.9. The maximum Gasteiger partial charge on any atom is 0.326 e. The number of nitrogens with two attached hydrogens (primary N) is 2. The average Bonchev–Trinajstić information content (AvgIpc) is 2.69. The van der Waals surface area contributed by atoms with Crippen LogP contribution in [0.4, 0.5) is 0 Å². The summed E-state index contributed by atoms with van der Waals surface area (Å²) in [5, 5.41) is 24.9. The molecule has 0 aromatic heterocycles. The second-order valence-corrected chi connectivity index (χ2v) is 7.49. The first-order valence-electron chi connectivity index (χ1n) is 9.33. The standard InChI is InChI=1S/C17H29N5O8S/c1-31-7-6-10(16(28)22-11(17(29)30)3-5-14(25)26)21-15(27)9(2-4-12(19)23)20-13(24)8-18/h9-11H,2-8,18H2,1H3,(H2,19,23)(H,20,24)(H,21,27)(H,22,28)(H,25,26)(H,29,30). The molecule has 31 heavy (non-hydrogen) atoms. The second kappa shape index (κ2) is 15.0. The minimum atomic E-state index is -1.46. The summed E-state index contributed by atoms with van der Waals surface area (Å²) < 4.78 is 0. The van der Waals surface area contributed by atoms with Crippen LogP contribution in [0.15, 0.2) is 0 Å². The molecule has 0 heterocycles. The molecule has 14 heteroatoms. The van der Waals surface area contributed by atoms with E-state index < -0.39 is 66.7 Å². The van der Waals surface area contributed by atoms with E-state index in [0.717, 1.165) is 0 Å². The number of primary amides is 1. The van der Waals surface area contributed by atoms with Gasteiger partial charge in [-0.15, -0.1) is 0 Å². The van der Waals surface area contributed by atoms with Crippen molar-refractivity contribution >= 4 is 47.3 Å². The molecular weight excluding hydrogens is 434 g/mol. The van der Waals surface area contributed by atoms with E-state index in [4.69, 9.17) is 16.6 Å². The number of amides is 4. The molecule has 0 aliphatic carbocycles. The zero-order valence-electron chi connectivity index (χ0n) is 17.1. The Morgan fingerprint density at radius 1 is 0.839 bits per heavy atom. The van der Waals surface area contributed by atoms with E-state index in [0.29, 0.717) is 5.75 Å². The molecule has 4 amide bonds. The highest BCUT2D eigenvalue weighted by Gasteiger charge is 2.29. The number of rotatable bonds is 16. The van der Waals surface area contributed by atoms with Crippen LogP contribution in [0, 0.1) is 0 Å². The quantitative estimate of drug-likeness (QED) is 0.126. The van der Waals surface area contributed by atoms with Gasteiger partial charge in [-0.1, -0.05) is 0 Å². The van der Waals surface area contributed by atoms with Crippen LogP contribution in [-0.4, -0.2) is 82.5 Å². The minimum Gasteiger partial charge on any atom is -0.481 e. The Morgan fingerprint density at radius 2 is 1.35 bits per heavy atom. The van der Waals surface area contributed by atoms with Gasteiger partial charge >= 0.3 is 11.9 Å². The molecule has 3 atom stereocenters. The van der Waals surface area contributed by atoms with Gasteiger partial charge in [-0.2, -0.15) is 11.8 Å². The Labute approximate surface area is 183 Å². The van der Waals surface area contributed by atoms with Gasteiger partial charge in [-0.05, 0) is 31.3 Å².